The maximum Gasteiger partial charge on any atom is 0.272 e. The van der Waals surface area contributed by atoms with Crippen molar-refractivity contribution >= 4 is 0 Å². The van der Waals surface area contributed by atoms with E-state index in [-0.39, 0.29) is 0 Å². The van der Waals surface area contributed by atoms with Gasteiger partial charge < -0.3 is 14.2 Å². The molecule has 3 nitrogen and oxygen atoms in total. The van der Waals surface area contributed by atoms with Gasteiger partial charge in [0.15, 0.2) is 0 Å². The smallest absolute Gasteiger partial charge is 0.272 e. The van der Waals surface area contributed by atoms with Crippen LogP contribution >= 0.6 is 0 Å². The molecule has 0 aromatic carbocycles. The van der Waals surface area contributed by atoms with Crippen LogP contribution in [0.5, 0.6) is 0 Å². The second-order valence-corrected chi connectivity index (χ2v) is 9.90. The van der Waals surface area contributed by atoms with E-state index in [1.54, 1.807) is 0 Å². The Labute approximate surface area is 211 Å². The van der Waals surface area contributed by atoms with E-state index in [1.165, 1.54) is 33.4 Å². The van der Waals surface area contributed by atoms with Crippen molar-refractivity contribution in [1.82, 2.24) is 0 Å². The highest BCUT2D eigenvalue weighted by atomic mass is 16.8. The monoisotopic (exact) mass is 472 g/mol. The van der Waals surface area contributed by atoms with Crippen LogP contribution in [0.25, 0.3) is 0 Å². The molecule has 0 aliphatic heterocycles. The van der Waals surface area contributed by atoms with Crippen molar-refractivity contribution in [2.75, 3.05) is 19.8 Å². The zero-order valence-corrected chi connectivity index (χ0v) is 23.6. The van der Waals surface area contributed by atoms with Gasteiger partial charge in [-0.1, -0.05) is 69.9 Å². The van der Waals surface area contributed by atoms with Crippen molar-refractivity contribution in [3.63, 3.8) is 0 Å². The van der Waals surface area contributed by atoms with E-state index in [4.69, 9.17) is 14.2 Å². The zero-order valence-electron chi connectivity index (χ0n) is 23.6. The van der Waals surface area contributed by atoms with Crippen LogP contribution in [-0.4, -0.2) is 26.3 Å². The lowest BCUT2D eigenvalue weighted by molar-refractivity contribution is -0.275. The van der Waals surface area contributed by atoms with Crippen LogP contribution in [0.15, 0.2) is 69.9 Å². The van der Waals surface area contributed by atoms with Crippen molar-refractivity contribution in [3.05, 3.63) is 69.9 Å². The van der Waals surface area contributed by atoms with Crippen molar-refractivity contribution in [2.24, 2.45) is 0 Å². The molecule has 0 unspecified atom stereocenters. The summed E-state index contributed by atoms with van der Waals surface area (Å²) in [6.45, 7) is 20.0. The van der Waals surface area contributed by atoms with E-state index in [1.807, 2.05) is 0 Å². The highest BCUT2D eigenvalue weighted by Gasteiger charge is 2.08. The fourth-order valence-electron chi connectivity index (χ4n) is 3.02. The minimum Gasteiger partial charge on any atom is -0.326 e. The molecule has 0 heterocycles. The van der Waals surface area contributed by atoms with Gasteiger partial charge in [-0.2, -0.15) is 0 Å². The van der Waals surface area contributed by atoms with Gasteiger partial charge in [0.1, 0.15) is 0 Å². The van der Waals surface area contributed by atoms with Crippen LogP contribution in [0.1, 0.15) is 101 Å². The van der Waals surface area contributed by atoms with Crippen LogP contribution in [-0.2, 0) is 14.2 Å². The van der Waals surface area contributed by atoms with Gasteiger partial charge in [0, 0.05) is 0 Å². The number of hydrogen-bond acceptors (Lipinski definition) is 3. The zero-order chi connectivity index (χ0) is 25.8. The molecule has 0 fully saturated rings. The maximum absolute atomic E-state index is 5.92. The molecule has 0 aromatic rings. The Kier molecular flexibility index (Phi) is 19.7. The van der Waals surface area contributed by atoms with Gasteiger partial charge in [-0.15, -0.1) is 0 Å². The van der Waals surface area contributed by atoms with Gasteiger partial charge in [0.05, 0.1) is 19.8 Å². The Bertz CT molecular complexity index is 620. The minimum absolute atomic E-state index is 0.484. The number of rotatable bonds is 18. The second kappa shape index (κ2) is 20.7. The summed E-state index contributed by atoms with van der Waals surface area (Å²) < 4.78 is 17.7. The lowest BCUT2D eigenvalue weighted by Gasteiger charge is -2.17. The SMILES string of the molecule is CC(C)=CCCC(C)=CCOC(OCC=C(C)CCC=C(C)C)OCC=C(C)CCC=C(C)C. The fourth-order valence-corrected chi connectivity index (χ4v) is 3.02. The Morgan fingerprint density at radius 2 is 0.706 bits per heavy atom. The Balaban J connectivity index is 4.76. The Hall–Kier alpha value is -1.68. The van der Waals surface area contributed by atoms with Crippen molar-refractivity contribution < 1.29 is 14.2 Å². The molecular weight excluding hydrogens is 420 g/mol. The Morgan fingerprint density at radius 1 is 0.441 bits per heavy atom. The van der Waals surface area contributed by atoms with Crippen LogP contribution < -0.4 is 0 Å². The third-order valence-corrected chi connectivity index (χ3v) is 5.27. The maximum atomic E-state index is 5.92. The van der Waals surface area contributed by atoms with E-state index in [0.717, 1.165) is 38.5 Å². The molecule has 0 N–H and O–H groups in total. The average Bonchev–Trinajstić information content (AvgIpc) is 2.72. The molecule has 0 rings (SSSR count). The first kappa shape index (κ1) is 32.3. The molecule has 0 spiro atoms. The summed E-state index contributed by atoms with van der Waals surface area (Å²) in [5, 5.41) is 0. The summed E-state index contributed by atoms with van der Waals surface area (Å²) in [5.41, 5.74) is 8.04. The van der Waals surface area contributed by atoms with Gasteiger partial charge in [-0.3, -0.25) is 0 Å². The van der Waals surface area contributed by atoms with Crippen molar-refractivity contribution in [1.29, 1.82) is 0 Å². The summed E-state index contributed by atoms with van der Waals surface area (Å²) in [5.74, 6) is 0. The van der Waals surface area contributed by atoms with E-state index < -0.39 is 6.48 Å². The van der Waals surface area contributed by atoms with Gasteiger partial charge in [0.25, 0.3) is 6.48 Å². The summed E-state index contributed by atoms with van der Waals surface area (Å²) in [7, 11) is 0. The standard InChI is InChI=1S/C31H52O3/c1-25(2)13-10-16-28(7)19-22-32-31(33-23-20-29(8)17-11-14-26(3)4)34-24-21-30(9)18-12-15-27(5)6/h13-15,19-21,31H,10-12,16-18,22-24H2,1-9H3. The highest BCUT2D eigenvalue weighted by molar-refractivity contribution is 5.04. The summed E-state index contributed by atoms with van der Waals surface area (Å²) in [6.07, 6.45) is 19.5. The third-order valence-electron chi connectivity index (χ3n) is 5.27. The molecular formula is C31H52O3. The molecule has 0 aliphatic carbocycles. The van der Waals surface area contributed by atoms with E-state index in [0.29, 0.717) is 19.8 Å². The molecule has 0 aliphatic rings. The number of allylic oxidation sites excluding steroid dienone is 9. The van der Waals surface area contributed by atoms with Gasteiger partial charge in [0.2, 0.25) is 0 Å². The topological polar surface area (TPSA) is 27.7 Å². The van der Waals surface area contributed by atoms with Crippen molar-refractivity contribution in [2.45, 2.75) is 107 Å². The number of ether oxygens (including phenoxy) is 3. The molecule has 0 radical (unpaired) electrons. The normalized spacial score (nSPS) is 13.5. The average molecular weight is 473 g/mol. The minimum atomic E-state index is -0.675. The summed E-state index contributed by atoms with van der Waals surface area (Å²) in [4.78, 5) is 0. The van der Waals surface area contributed by atoms with Crippen LogP contribution in [0.4, 0.5) is 0 Å². The largest absolute Gasteiger partial charge is 0.326 e. The molecule has 0 aromatic heterocycles. The predicted octanol–water partition coefficient (Wildman–Crippen LogP) is 9.40. The third kappa shape index (κ3) is 22.1. The summed E-state index contributed by atoms with van der Waals surface area (Å²) in [6, 6.07) is 0. The van der Waals surface area contributed by atoms with Gasteiger partial charge in [-0.25, -0.2) is 0 Å². The van der Waals surface area contributed by atoms with Gasteiger partial charge >= 0.3 is 0 Å². The molecule has 0 amide bonds. The molecule has 34 heavy (non-hydrogen) atoms. The lowest BCUT2D eigenvalue weighted by atomic mass is 10.1. The van der Waals surface area contributed by atoms with Crippen LogP contribution in [0.2, 0.25) is 0 Å². The molecule has 0 bridgehead atoms. The van der Waals surface area contributed by atoms with Crippen molar-refractivity contribution in [3.8, 4) is 0 Å². The summed E-state index contributed by atoms with van der Waals surface area (Å²) >= 11 is 0. The predicted molar refractivity (Wildman–Crippen MR) is 149 cm³/mol. The van der Waals surface area contributed by atoms with Crippen LogP contribution in [0, 0.1) is 0 Å². The molecule has 3 heteroatoms. The van der Waals surface area contributed by atoms with E-state index >= 15 is 0 Å². The molecule has 0 saturated heterocycles. The first-order chi connectivity index (χ1) is 16.1. The Morgan fingerprint density at radius 3 is 0.941 bits per heavy atom. The van der Waals surface area contributed by atoms with Gasteiger partial charge in [-0.05, 0) is 101 Å². The fraction of sp³-hybridized carbons (Fsp3) is 0.613. The lowest BCUT2D eigenvalue weighted by Crippen LogP contribution is -2.22. The quantitative estimate of drug-likeness (QED) is 0.147. The first-order valence-electron chi connectivity index (χ1n) is 12.8. The molecule has 0 saturated carbocycles. The van der Waals surface area contributed by atoms with Crippen LogP contribution in [0.3, 0.4) is 0 Å². The second-order valence-electron chi connectivity index (χ2n) is 9.90. The number of hydrogen-bond donors (Lipinski definition) is 0. The van der Waals surface area contributed by atoms with E-state index in [2.05, 4.69) is 98.8 Å². The first-order valence-corrected chi connectivity index (χ1v) is 12.8. The molecule has 0 atom stereocenters. The highest BCUT2D eigenvalue weighted by Crippen LogP contribution is 2.11. The molecule has 194 valence electrons. The van der Waals surface area contributed by atoms with E-state index in [9.17, 15) is 0 Å².